The maximum atomic E-state index is 9.65. The number of aliphatic hydroxyl groups excluding tert-OH is 1. The first kappa shape index (κ1) is 13.9. The minimum absolute atomic E-state index is 0.204. The Balaban J connectivity index is 2.31. The van der Waals surface area contributed by atoms with Crippen molar-refractivity contribution in [1.82, 2.24) is 5.32 Å². The molecule has 0 bridgehead atoms. The summed E-state index contributed by atoms with van der Waals surface area (Å²) in [6, 6.07) is 0.452. The van der Waals surface area contributed by atoms with Crippen molar-refractivity contribution in [2.24, 2.45) is 5.92 Å². The van der Waals surface area contributed by atoms with E-state index < -0.39 is 0 Å². The van der Waals surface area contributed by atoms with Crippen LogP contribution in [0.1, 0.15) is 47.0 Å². The van der Waals surface area contributed by atoms with Gasteiger partial charge in [0.1, 0.15) is 0 Å². The lowest BCUT2D eigenvalue weighted by atomic mass is 9.90. The Morgan fingerprint density at radius 2 is 1.88 bits per heavy atom. The van der Waals surface area contributed by atoms with Gasteiger partial charge in [0.05, 0.1) is 6.10 Å². The molecule has 0 aromatic heterocycles. The van der Waals surface area contributed by atoms with Gasteiger partial charge in [-0.25, -0.2) is 0 Å². The van der Waals surface area contributed by atoms with Crippen molar-refractivity contribution in [3.8, 4) is 0 Å². The summed E-state index contributed by atoms with van der Waals surface area (Å²) in [5.41, 5.74) is -0.204. The van der Waals surface area contributed by atoms with Gasteiger partial charge in [-0.3, -0.25) is 0 Å². The zero-order chi connectivity index (χ0) is 12.2. The third-order valence-electron chi connectivity index (χ3n) is 3.69. The summed E-state index contributed by atoms with van der Waals surface area (Å²) < 4.78 is 5.36. The van der Waals surface area contributed by atoms with E-state index in [0.29, 0.717) is 6.04 Å². The van der Waals surface area contributed by atoms with Gasteiger partial charge in [0.2, 0.25) is 0 Å². The minimum atomic E-state index is -0.329. The molecule has 0 aromatic rings. The summed E-state index contributed by atoms with van der Waals surface area (Å²) in [7, 11) is 0. The van der Waals surface area contributed by atoms with Gasteiger partial charge in [-0.15, -0.1) is 0 Å². The summed E-state index contributed by atoms with van der Waals surface area (Å²) in [5, 5.41) is 13.2. The topological polar surface area (TPSA) is 41.5 Å². The fourth-order valence-corrected chi connectivity index (χ4v) is 2.30. The first-order valence-corrected chi connectivity index (χ1v) is 6.45. The van der Waals surface area contributed by atoms with E-state index in [-0.39, 0.29) is 11.6 Å². The van der Waals surface area contributed by atoms with Crippen molar-refractivity contribution in [2.45, 2.75) is 64.6 Å². The second-order valence-corrected chi connectivity index (χ2v) is 5.73. The monoisotopic (exact) mass is 229 g/mol. The number of hydrogen-bond acceptors (Lipinski definition) is 3. The maximum Gasteiger partial charge on any atom is 0.0688 e. The highest BCUT2D eigenvalue weighted by Gasteiger charge is 2.26. The van der Waals surface area contributed by atoms with Crippen LogP contribution in [0.2, 0.25) is 0 Å². The SMILES string of the molecule is CC(CC1CCOCC1)NC(C)(C)C(C)O. The Bertz CT molecular complexity index is 198. The summed E-state index contributed by atoms with van der Waals surface area (Å²) in [6.45, 7) is 9.98. The number of nitrogens with one attached hydrogen (secondary N) is 1. The summed E-state index contributed by atoms with van der Waals surface area (Å²) in [4.78, 5) is 0. The van der Waals surface area contributed by atoms with E-state index in [4.69, 9.17) is 4.74 Å². The predicted molar refractivity (Wildman–Crippen MR) is 66.5 cm³/mol. The standard InChI is InChI=1S/C13H27NO2/c1-10(14-13(3,4)11(2)15)9-12-5-7-16-8-6-12/h10-12,14-15H,5-9H2,1-4H3. The summed E-state index contributed by atoms with van der Waals surface area (Å²) in [6.07, 6.45) is 3.21. The molecule has 3 nitrogen and oxygen atoms in total. The third-order valence-corrected chi connectivity index (χ3v) is 3.69. The van der Waals surface area contributed by atoms with Gasteiger partial charge >= 0.3 is 0 Å². The van der Waals surface area contributed by atoms with Crippen LogP contribution in [0.5, 0.6) is 0 Å². The zero-order valence-electron chi connectivity index (χ0n) is 11.1. The van der Waals surface area contributed by atoms with Crippen LogP contribution in [0.3, 0.4) is 0 Å². The second-order valence-electron chi connectivity index (χ2n) is 5.73. The Hall–Kier alpha value is -0.120. The highest BCUT2D eigenvalue weighted by Crippen LogP contribution is 2.21. The fraction of sp³-hybridized carbons (Fsp3) is 1.00. The van der Waals surface area contributed by atoms with Crippen LogP contribution in [0.15, 0.2) is 0 Å². The molecule has 1 rings (SSSR count). The molecule has 1 aliphatic heterocycles. The average molecular weight is 229 g/mol. The van der Waals surface area contributed by atoms with E-state index in [1.807, 2.05) is 6.92 Å². The molecule has 2 unspecified atom stereocenters. The largest absolute Gasteiger partial charge is 0.392 e. The lowest BCUT2D eigenvalue weighted by Gasteiger charge is -2.35. The smallest absolute Gasteiger partial charge is 0.0688 e. The molecule has 2 atom stereocenters. The molecule has 16 heavy (non-hydrogen) atoms. The summed E-state index contributed by atoms with van der Waals surface area (Å²) >= 11 is 0. The van der Waals surface area contributed by atoms with Crippen molar-refractivity contribution in [1.29, 1.82) is 0 Å². The minimum Gasteiger partial charge on any atom is -0.392 e. The molecule has 1 saturated heterocycles. The number of ether oxygens (including phenoxy) is 1. The predicted octanol–water partition coefficient (Wildman–Crippen LogP) is 1.94. The molecule has 0 aliphatic carbocycles. The molecule has 0 radical (unpaired) electrons. The molecule has 0 aromatic carbocycles. The van der Waals surface area contributed by atoms with Crippen LogP contribution in [0.4, 0.5) is 0 Å². The van der Waals surface area contributed by atoms with Crippen molar-refractivity contribution in [2.75, 3.05) is 13.2 Å². The molecule has 0 saturated carbocycles. The number of hydrogen-bond donors (Lipinski definition) is 2. The Morgan fingerprint density at radius 3 is 2.38 bits per heavy atom. The fourth-order valence-electron chi connectivity index (χ4n) is 2.30. The lowest BCUT2D eigenvalue weighted by Crippen LogP contribution is -2.52. The van der Waals surface area contributed by atoms with Crippen molar-refractivity contribution < 1.29 is 9.84 Å². The van der Waals surface area contributed by atoms with Crippen LogP contribution >= 0.6 is 0 Å². The van der Waals surface area contributed by atoms with Crippen LogP contribution < -0.4 is 5.32 Å². The van der Waals surface area contributed by atoms with Crippen molar-refractivity contribution in [3.05, 3.63) is 0 Å². The second kappa shape index (κ2) is 5.99. The first-order chi connectivity index (χ1) is 7.42. The van der Waals surface area contributed by atoms with E-state index >= 15 is 0 Å². The van der Waals surface area contributed by atoms with Gasteiger partial charge in [-0.05, 0) is 52.9 Å². The van der Waals surface area contributed by atoms with Crippen LogP contribution in [-0.4, -0.2) is 36.0 Å². The normalized spacial score (nSPS) is 23.1. The van der Waals surface area contributed by atoms with Crippen LogP contribution in [-0.2, 0) is 4.74 Å². The molecule has 0 amide bonds. The quantitative estimate of drug-likeness (QED) is 0.757. The Kier molecular flexibility index (Phi) is 5.22. The Morgan fingerprint density at radius 1 is 1.31 bits per heavy atom. The van der Waals surface area contributed by atoms with Crippen LogP contribution in [0.25, 0.3) is 0 Å². The summed E-state index contributed by atoms with van der Waals surface area (Å²) in [5.74, 6) is 0.779. The Labute approximate surface area is 99.6 Å². The van der Waals surface area contributed by atoms with Gasteiger partial charge in [0.15, 0.2) is 0 Å². The van der Waals surface area contributed by atoms with Gasteiger partial charge in [-0.1, -0.05) is 0 Å². The highest BCUT2D eigenvalue weighted by molar-refractivity contribution is 4.86. The number of rotatable bonds is 5. The van der Waals surface area contributed by atoms with E-state index in [0.717, 1.165) is 19.1 Å². The average Bonchev–Trinajstić information content (AvgIpc) is 2.17. The first-order valence-electron chi connectivity index (χ1n) is 6.45. The van der Waals surface area contributed by atoms with E-state index in [2.05, 4.69) is 26.1 Å². The van der Waals surface area contributed by atoms with E-state index in [9.17, 15) is 5.11 Å². The maximum absolute atomic E-state index is 9.65. The number of aliphatic hydroxyl groups is 1. The molecule has 3 heteroatoms. The van der Waals surface area contributed by atoms with Gasteiger partial charge in [-0.2, -0.15) is 0 Å². The molecule has 2 N–H and O–H groups in total. The van der Waals surface area contributed by atoms with E-state index in [1.54, 1.807) is 0 Å². The molecule has 1 fully saturated rings. The molecular formula is C13H27NO2. The van der Waals surface area contributed by atoms with Crippen LogP contribution in [0, 0.1) is 5.92 Å². The van der Waals surface area contributed by atoms with Gasteiger partial charge < -0.3 is 15.2 Å². The molecule has 1 aliphatic rings. The molecule has 0 spiro atoms. The highest BCUT2D eigenvalue weighted by atomic mass is 16.5. The van der Waals surface area contributed by atoms with Crippen molar-refractivity contribution in [3.63, 3.8) is 0 Å². The van der Waals surface area contributed by atoms with Gasteiger partial charge in [0, 0.05) is 24.8 Å². The molecule has 96 valence electrons. The van der Waals surface area contributed by atoms with Crippen molar-refractivity contribution >= 4 is 0 Å². The molecular weight excluding hydrogens is 202 g/mol. The lowest BCUT2D eigenvalue weighted by molar-refractivity contribution is 0.0539. The molecule has 1 heterocycles. The zero-order valence-corrected chi connectivity index (χ0v) is 11.1. The third kappa shape index (κ3) is 4.40. The van der Waals surface area contributed by atoms with E-state index in [1.165, 1.54) is 19.3 Å². The van der Waals surface area contributed by atoms with Gasteiger partial charge in [0.25, 0.3) is 0 Å².